The van der Waals surface area contributed by atoms with Gasteiger partial charge in [-0.15, -0.1) is 11.8 Å². The molecule has 0 radical (unpaired) electrons. The molecule has 1 aliphatic carbocycles. The number of thioether (sulfide) groups is 2. The van der Waals surface area contributed by atoms with Crippen LogP contribution < -0.4 is 5.73 Å². The van der Waals surface area contributed by atoms with E-state index in [1.807, 2.05) is 6.92 Å². The summed E-state index contributed by atoms with van der Waals surface area (Å²) in [6, 6.07) is 0. The van der Waals surface area contributed by atoms with Gasteiger partial charge < -0.3 is 5.73 Å². The third-order valence-electron chi connectivity index (χ3n) is 2.65. The first-order valence-corrected chi connectivity index (χ1v) is 7.19. The van der Waals surface area contributed by atoms with Gasteiger partial charge in [-0.1, -0.05) is 11.8 Å². The monoisotopic (exact) mass is 245 g/mol. The van der Waals surface area contributed by atoms with E-state index in [9.17, 15) is 0 Å². The molecule has 3 nitrogen and oxygen atoms in total. The molecule has 0 spiro atoms. The minimum absolute atomic E-state index is 0.244. The molecule has 0 atom stereocenters. The van der Waals surface area contributed by atoms with Crippen molar-refractivity contribution < 1.29 is 0 Å². The molecule has 0 aliphatic heterocycles. The second-order valence-corrected chi connectivity index (χ2v) is 6.44. The van der Waals surface area contributed by atoms with Crippen LogP contribution in [0.15, 0.2) is 0 Å². The number of hydrogen-bond acceptors (Lipinski definition) is 4. The van der Waals surface area contributed by atoms with E-state index in [4.69, 9.17) is 16.6 Å². The third kappa shape index (κ3) is 5.47. The Labute approximate surface area is 100.0 Å². The number of nitrogens with one attached hydrogen (secondary N) is 2. The standard InChI is InChI=1S/C10H19N3S2/c1-7(11)14-3-2-8-4-9(5-8)6-15-10(12)13/h8-9,11H,2-6H2,1H3,(H3,12,13)/t8-,9+. The van der Waals surface area contributed by atoms with Gasteiger partial charge in [0.25, 0.3) is 0 Å². The van der Waals surface area contributed by atoms with Crippen LogP contribution in [0.1, 0.15) is 26.2 Å². The lowest BCUT2D eigenvalue weighted by atomic mass is 9.75. The molecule has 0 aromatic rings. The van der Waals surface area contributed by atoms with Crippen molar-refractivity contribution in [3.05, 3.63) is 0 Å². The summed E-state index contributed by atoms with van der Waals surface area (Å²) in [6.07, 6.45) is 3.82. The first-order chi connectivity index (χ1) is 7.08. The van der Waals surface area contributed by atoms with Gasteiger partial charge in [-0.2, -0.15) is 0 Å². The first-order valence-electron chi connectivity index (χ1n) is 5.22. The van der Waals surface area contributed by atoms with Gasteiger partial charge in [-0.05, 0) is 43.8 Å². The van der Waals surface area contributed by atoms with Crippen LogP contribution in [0.5, 0.6) is 0 Å². The lowest BCUT2D eigenvalue weighted by Crippen LogP contribution is -2.27. The second-order valence-electron chi connectivity index (χ2n) is 4.07. The molecular weight excluding hydrogens is 226 g/mol. The van der Waals surface area contributed by atoms with Crippen molar-refractivity contribution in [2.75, 3.05) is 11.5 Å². The Balaban J connectivity index is 1.95. The minimum atomic E-state index is 0.244. The van der Waals surface area contributed by atoms with Crippen molar-refractivity contribution in [2.45, 2.75) is 26.2 Å². The Morgan fingerprint density at radius 1 is 1.27 bits per heavy atom. The molecule has 0 bridgehead atoms. The van der Waals surface area contributed by atoms with Gasteiger partial charge in [0.2, 0.25) is 0 Å². The first kappa shape index (κ1) is 12.9. The third-order valence-corrected chi connectivity index (χ3v) is 4.47. The van der Waals surface area contributed by atoms with Crippen LogP contribution in [0.3, 0.4) is 0 Å². The molecule has 5 heteroatoms. The quantitative estimate of drug-likeness (QED) is 0.515. The maximum atomic E-state index is 7.29. The van der Waals surface area contributed by atoms with Crippen molar-refractivity contribution in [2.24, 2.45) is 17.6 Å². The van der Waals surface area contributed by atoms with Crippen molar-refractivity contribution >= 4 is 33.7 Å². The molecule has 0 unspecified atom stereocenters. The molecular formula is C10H19N3S2. The normalized spacial score (nSPS) is 24.6. The fourth-order valence-corrected chi connectivity index (χ4v) is 3.28. The zero-order valence-electron chi connectivity index (χ0n) is 9.08. The molecule has 1 aliphatic rings. The van der Waals surface area contributed by atoms with E-state index in [2.05, 4.69) is 0 Å². The zero-order chi connectivity index (χ0) is 11.3. The number of hydrogen-bond donors (Lipinski definition) is 3. The predicted octanol–water partition coefficient (Wildman–Crippen LogP) is 2.76. The summed E-state index contributed by atoms with van der Waals surface area (Å²) in [5.41, 5.74) is 5.29. The van der Waals surface area contributed by atoms with Gasteiger partial charge in [0.1, 0.15) is 0 Å². The van der Waals surface area contributed by atoms with Crippen molar-refractivity contribution in [3.8, 4) is 0 Å². The zero-order valence-corrected chi connectivity index (χ0v) is 10.7. The smallest absolute Gasteiger partial charge is 0.151 e. The van der Waals surface area contributed by atoms with Gasteiger partial charge in [0.05, 0.1) is 5.04 Å². The summed E-state index contributed by atoms with van der Waals surface area (Å²) in [6.45, 7) is 1.84. The molecule has 1 rings (SSSR count). The molecule has 1 saturated carbocycles. The predicted molar refractivity (Wildman–Crippen MR) is 71.1 cm³/mol. The minimum Gasteiger partial charge on any atom is -0.379 e. The van der Waals surface area contributed by atoms with Gasteiger partial charge in [0, 0.05) is 5.75 Å². The number of amidine groups is 1. The maximum absolute atomic E-state index is 7.29. The Bertz CT molecular complexity index is 237. The number of rotatable bonds is 5. The molecule has 15 heavy (non-hydrogen) atoms. The number of nitrogens with two attached hydrogens (primary N) is 1. The van der Waals surface area contributed by atoms with E-state index in [0.29, 0.717) is 0 Å². The Morgan fingerprint density at radius 2 is 1.93 bits per heavy atom. The fraction of sp³-hybridized carbons (Fsp3) is 0.800. The van der Waals surface area contributed by atoms with E-state index >= 15 is 0 Å². The van der Waals surface area contributed by atoms with Crippen molar-refractivity contribution in [1.29, 1.82) is 10.8 Å². The van der Waals surface area contributed by atoms with Crippen LogP contribution in [0.25, 0.3) is 0 Å². The van der Waals surface area contributed by atoms with Crippen LogP contribution >= 0.6 is 23.5 Å². The summed E-state index contributed by atoms with van der Waals surface area (Å²) in [7, 11) is 0. The Morgan fingerprint density at radius 3 is 2.47 bits per heavy atom. The van der Waals surface area contributed by atoms with Crippen LogP contribution in [-0.4, -0.2) is 21.7 Å². The van der Waals surface area contributed by atoms with Gasteiger partial charge in [-0.3, -0.25) is 10.8 Å². The highest BCUT2D eigenvalue weighted by atomic mass is 32.2. The highest BCUT2D eigenvalue weighted by Crippen LogP contribution is 2.38. The summed E-state index contributed by atoms with van der Waals surface area (Å²) >= 11 is 3.12. The molecule has 0 aromatic carbocycles. The van der Waals surface area contributed by atoms with E-state index in [1.54, 1.807) is 11.8 Å². The summed E-state index contributed by atoms with van der Waals surface area (Å²) in [4.78, 5) is 0. The van der Waals surface area contributed by atoms with Gasteiger partial charge in [0.15, 0.2) is 5.17 Å². The maximum Gasteiger partial charge on any atom is 0.151 e. The molecule has 0 saturated heterocycles. The van der Waals surface area contributed by atoms with E-state index in [1.165, 1.54) is 31.0 Å². The average molecular weight is 245 g/mol. The van der Waals surface area contributed by atoms with Crippen LogP contribution in [0.2, 0.25) is 0 Å². The van der Waals surface area contributed by atoms with Crippen LogP contribution in [0, 0.1) is 22.7 Å². The average Bonchev–Trinajstić information content (AvgIpc) is 2.06. The van der Waals surface area contributed by atoms with E-state index < -0.39 is 0 Å². The molecule has 86 valence electrons. The lowest BCUT2D eigenvalue weighted by molar-refractivity contribution is 0.212. The Hall–Kier alpha value is -0.160. The van der Waals surface area contributed by atoms with Crippen LogP contribution in [-0.2, 0) is 0 Å². The van der Waals surface area contributed by atoms with Crippen molar-refractivity contribution in [1.82, 2.24) is 0 Å². The van der Waals surface area contributed by atoms with Gasteiger partial charge >= 0.3 is 0 Å². The highest BCUT2D eigenvalue weighted by molar-refractivity contribution is 8.13. The lowest BCUT2D eigenvalue weighted by Gasteiger charge is -2.35. The molecule has 0 amide bonds. The SMILES string of the molecule is CC(=N)SCC[C@H]1C[C@@H](CSC(=N)N)C1. The molecule has 0 aromatic heterocycles. The summed E-state index contributed by atoms with van der Waals surface area (Å²) in [5.74, 6) is 3.74. The topological polar surface area (TPSA) is 73.7 Å². The van der Waals surface area contributed by atoms with Gasteiger partial charge in [-0.25, -0.2) is 0 Å². The van der Waals surface area contributed by atoms with Crippen LogP contribution in [0.4, 0.5) is 0 Å². The molecule has 4 N–H and O–H groups in total. The van der Waals surface area contributed by atoms with E-state index in [-0.39, 0.29) is 5.17 Å². The molecule has 1 fully saturated rings. The summed E-state index contributed by atoms with van der Waals surface area (Å²) in [5, 5.41) is 15.4. The summed E-state index contributed by atoms with van der Waals surface area (Å²) < 4.78 is 0. The van der Waals surface area contributed by atoms with E-state index in [0.717, 1.165) is 28.4 Å². The highest BCUT2D eigenvalue weighted by Gasteiger charge is 2.28. The second kappa shape index (κ2) is 6.43. The largest absolute Gasteiger partial charge is 0.379 e. The fourth-order valence-electron chi connectivity index (χ4n) is 1.83. The Kier molecular flexibility index (Phi) is 5.53. The molecule has 0 heterocycles. The van der Waals surface area contributed by atoms with Crippen molar-refractivity contribution in [3.63, 3.8) is 0 Å².